The standard InChI is InChI=1S/C13H11Cl2NO2S/c14-12-6-5-11(7-13(12)15)19(17,18)8-9-1-3-10(16)4-2-9/h1-7H,8,16H2. The summed E-state index contributed by atoms with van der Waals surface area (Å²) < 4.78 is 24.4. The van der Waals surface area contributed by atoms with Crippen molar-refractivity contribution in [2.24, 2.45) is 0 Å². The van der Waals surface area contributed by atoms with E-state index in [9.17, 15) is 8.42 Å². The van der Waals surface area contributed by atoms with E-state index in [0.717, 1.165) is 0 Å². The molecule has 0 fully saturated rings. The smallest absolute Gasteiger partial charge is 0.182 e. The van der Waals surface area contributed by atoms with Crippen molar-refractivity contribution in [3.05, 3.63) is 58.1 Å². The van der Waals surface area contributed by atoms with Crippen LogP contribution >= 0.6 is 23.2 Å². The lowest BCUT2D eigenvalue weighted by atomic mass is 10.2. The molecule has 0 bridgehead atoms. The predicted octanol–water partition coefficient (Wildman–Crippen LogP) is 3.55. The molecular formula is C13H11Cl2NO2S. The highest BCUT2D eigenvalue weighted by Crippen LogP contribution is 2.26. The highest BCUT2D eigenvalue weighted by molar-refractivity contribution is 7.90. The number of hydrogen-bond donors (Lipinski definition) is 1. The number of halogens is 2. The summed E-state index contributed by atoms with van der Waals surface area (Å²) in [4.78, 5) is 0.152. The van der Waals surface area contributed by atoms with E-state index >= 15 is 0 Å². The molecule has 2 N–H and O–H groups in total. The Kier molecular flexibility index (Phi) is 4.04. The van der Waals surface area contributed by atoms with Gasteiger partial charge in [-0.3, -0.25) is 0 Å². The quantitative estimate of drug-likeness (QED) is 0.881. The van der Waals surface area contributed by atoms with Crippen LogP contribution in [0.2, 0.25) is 10.0 Å². The van der Waals surface area contributed by atoms with Crippen LogP contribution in [0.5, 0.6) is 0 Å². The summed E-state index contributed by atoms with van der Waals surface area (Å²) in [6.07, 6.45) is 0. The molecule has 0 aromatic heterocycles. The lowest BCUT2D eigenvalue weighted by molar-refractivity contribution is 0.595. The third-order valence-electron chi connectivity index (χ3n) is 2.59. The minimum Gasteiger partial charge on any atom is -0.399 e. The minimum atomic E-state index is -3.45. The summed E-state index contributed by atoms with van der Waals surface area (Å²) >= 11 is 11.6. The van der Waals surface area contributed by atoms with Gasteiger partial charge in [0.25, 0.3) is 0 Å². The molecule has 3 nitrogen and oxygen atoms in total. The van der Waals surface area contributed by atoms with E-state index in [0.29, 0.717) is 16.3 Å². The first-order chi connectivity index (χ1) is 8.88. The molecule has 0 unspecified atom stereocenters. The molecule has 0 aliphatic heterocycles. The minimum absolute atomic E-state index is 0.106. The fourth-order valence-corrected chi connectivity index (χ4v) is 3.32. The molecule has 2 rings (SSSR count). The zero-order valence-electron chi connectivity index (χ0n) is 9.81. The number of sulfone groups is 1. The van der Waals surface area contributed by atoms with Gasteiger partial charge in [0.2, 0.25) is 0 Å². The van der Waals surface area contributed by atoms with Gasteiger partial charge in [0.1, 0.15) is 0 Å². The van der Waals surface area contributed by atoms with Gasteiger partial charge in [-0.2, -0.15) is 0 Å². The van der Waals surface area contributed by atoms with Crippen molar-refractivity contribution in [1.29, 1.82) is 0 Å². The summed E-state index contributed by atoms with van der Waals surface area (Å²) in [7, 11) is -3.45. The molecule has 0 aliphatic carbocycles. The van der Waals surface area contributed by atoms with Crippen molar-refractivity contribution in [3.8, 4) is 0 Å². The Morgan fingerprint density at radius 3 is 2.16 bits per heavy atom. The van der Waals surface area contributed by atoms with Gasteiger partial charge in [-0.25, -0.2) is 8.42 Å². The van der Waals surface area contributed by atoms with Crippen molar-refractivity contribution >= 4 is 38.7 Å². The summed E-state index contributed by atoms with van der Waals surface area (Å²) in [6.45, 7) is 0. The van der Waals surface area contributed by atoms with Gasteiger partial charge in [-0.15, -0.1) is 0 Å². The molecule has 0 radical (unpaired) electrons. The Hall–Kier alpha value is -1.23. The molecule has 6 heteroatoms. The fourth-order valence-electron chi connectivity index (χ4n) is 1.59. The van der Waals surface area contributed by atoms with Gasteiger partial charge in [0.05, 0.1) is 20.7 Å². The second kappa shape index (κ2) is 5.41. The molecule has 0 aliphatic rings. The van der Waals surface area contributed by atoms with E-state index in [1.165, 1.54) is 18.2 Å². The van der Waals surface area contributed by atoms with Crippen LogP contribution < -0.4 is 5.73 Å². The molecular weight excluding hydrogens is 305 g/mol. The topological polar surface area (TPSA) is 60.2 Å². The first kappa shape index (κ1) is 14.2. The molecule has 100 valence electrons. The zero-order chi connectivity index (χ0) is 14.0. The second-order valence-corrected chi connectivity index (χ2v) is 6.88. The summed E-state index contributed by atoms with van der Waals surface area (Å²) in [5.74, 6) is -0.106. The van der Waals surface area contributed by atoms with Gasteiger partial charge in [-0.05, 0) is 35.9 Å². The highest BCUT2D eigenvalue weighted by atomic mass is 35.5. The van der Waals surface area contributed by atoms with Gasteiger partial charge in [0, 0.05) is 5.69 Å². The van der Waals surface area contributed by atoms with Crippen LogP contribution in [0.1, 0.15) is 5.56 Å². The van der Waals surface area contributed by atoms with Crippen molar-refractivity contribution in [3.63, 3.8) is 0 Å². The maximum atomic E-state index is 12.2. The van der Waals surface area contributed by atoms with Crippen LogP contribution in [-0.2, 0) is 15.6 Å². The Labute approximate surface area is 121 Å². The first-order valence-corrected chi connectivity index (χ1v) is 7.81. The normalized spacial score (nSPS) is 11.5. The number of nitrogen functional groups attached to an aromatic ring is 1. The summed E-state index contributed by atoms with van der Waals surface area (Å²) in [6, 6.07) is 11.0. The van der Waals surface area contributed by atoms with Crippen molar-refractivity contribution in [2.75, 3.05) is 5.73 Å². The van der Waals surface area contributed by atoms with Gasteiger partial charge >= 0.3 is 0 Å². The summed E-state index contributed by atoms with van der Waals surface area (Å²) in [5, 5.41) is 0.549. The number of nitrogens with two attached hydrogens (primary N) is 1. The van der Waals surface area contributed by atoms with E-state index in [-0.39, 0.29) is 15.7 Å². The van der Waals surface area contributed by atoms with Crippen LogP contribution in [0, 0.1) is 0 Å². The van der Waals surface area contributed by atoms with Crippen LogP contribution in [0.15, 0.2) is 47.4 Å². The van der Waals surface area contributed by atoms with Gasteiger partial charge in [0.15, 0.2) is 9.84 Å². The Bertz CT molecular complexity index is 697. The van der Waals surface area contributed by atoms with E-state index in [1.54, 1.807) is 24.3 Å². The number of rotatable bonds is 3. The molecule has 0 saturated heterocycles. The second-order valence-electron chi connectivity index (χ2n) is 4.08. The number of anilines is 1. The molecule has 0 amide bonds. The lowest BCUT2D eigenvalue weighted by Crippen LogP contribution is -2.05. The van der Waals surface area contributed by atoms with Gasteiger partial charge in [-0.1, -0.05) is 35.3 Å². The maximum absolute atomic E-state index is 12.2. The van der Waals surface area contributed by atoms with E-state index in [1.807, 2.05) is 0 Å². The van der Waals surface area contributed by atoms with Crippen LogP contribution in [-0.4, -0.2) is 8.42 Å². The summed E-state index contributed by atoms with van der Waals surface area (Å²) in [5.41, 5.74) is 6.82. The van der Waals surface area contributed by atoms with E-state index in [2.05, 4.69) is 0 Å². The first-order valence-electron chi connectivity index (χ1n) is 5.41. The van der Waals surface area contributed by atoms with E-state index in [4.69, 9.17) is 28.9 Å². The van der Waals surface area contributed by atoms with Gasteiger partial charge < -0.3 is 5.73 Å². The zero-order valence-corrected chi connectivity index (χ0v) is 12.1. The molecule has 2 aromatic carbocycles. The monoisotopic (exact) mass is 315 g/mol. The molecule has 0 heterocycles. The third kappa shape index (κ3) is 3.41. The third-order valence-corrected chi connectivity index (χ3v) is 5.01. The average Bonchev–Trinajstić information content (AvgIpc) is 2.35. The Morgan fingerprint density at radius 2 is 1.58 bits per heavy atom. The maximum Gasteiger partial charge on any atom is 0.182 e. The largest absolute Gasteiger partial charge is 0.399 e. The molecule has 0 atom stereocenters. The Morgan fingerprint density at radius 1 is 0.947 bits per heavy atom. The van der Waals surface area contributed by atoms with Crippen molar-refractivity contribution < 1.29 is 8.42 Å². The molecule has 0 spiro atoms. The highest BCUT2D eigenvalue weighted by Gasteiger charge is 2.16. The number of benzene rings is 2. The SMILES string of the molecule is Nc1ccc(CS(=O)(=O)c2ccc(Cl)c(Cl)c2)cc1. The molecule has 19 heavy (non-hydrogen) atoms. The van der Waals surface area contributed by atoms with Crippen LogP contribution in [0.25, 0.3) is 0 Å². The molecule has 0 saturated carbocycles. The van der Waals surface area contributed by atoms with Crippen molar-refractivity contribution in [2.45, 2.75) is 10.6 Å². The van der Waals surface area contributed by atoms with Crippen LogP contribution in [0.4, 0.5) is 5.69 Å². The Balaban J connectivity index is 2.32. The predicted molar refractivity (Wildman–Crippen MR) is 78.2 cm³/mol. The van der Waals surface area contributed by atoms with E-state index < -0.39 is 9.84 Å². The lowest BCUT2D eigenvalue weighted by Gasteiger charge is -2.06. The number of hydrogen-bond acceptors (Lipinski definition) is 3. The van der Waals surface area contributed by atoms with Crippen molar-refractivity contribution in [1.82, 2.24) is 0 Å². The molecule has 2 aromatic rings. The fraction of sp³-hybridized carbons (Fsp3) is 0.0769. The average molecular weight is 316 g/mol. The van der Waals surface area contributed by atoms with Crippen LogP contribution in [0.3, 0.4) is 0 Å².